The van der Waals surface area contributed by atoms with Crippen molar-refractivity contribution in [1.82, 2.24) is 10.2 Å². The zero-order valence-electron chi connectivity index (χ0n) is 11.4. The summed E-state index contributed by atoms with van der Waals surface area (Å²) >= 11 is 0. The first-order valence-corrected chi connectivity index (χ1v) is 6.48. The standard InChI is InChI=1S/C14H20N2O3/c1-11(12-3-5-13(18-2)6-4-12)15-14(17)16-7-9-19-10-8-16/h3-6,11H,7-10H2,1-2H3,(H,15,17). The smallest absolute Gasteiger partial charge is 0.318 e. The zero-order valence-corrected chi connectivity index (χ0v) is 11.4. The predicted molar refractivity (Wildman–Crippen MR) is 72.3 cm³/mol. The summed E-state index contributed by atoms with van der Waals surface area (Å²) in [4.78, 5) is 13.8. The van der Waals surface area contributed by atoms with Crippen LogP contribution in [0.1, 0.15) is 18.5 Å². The van der Waals surface area contributed by atoms with Crippen molar-refractivity contribution in [3.63, 3.8) is 0 Å². The van der Waals surface area contributed by atoms with Crippen molar-refractivity contribution in [3.8, 4) is 5.75 Å². The fourth-order valence-electron chi connectivity index (χ4n) is 2.02. The topological polar surface area (TPSA) is 50.8 Å². The molecule has 5 heteroatoms. The molecule has 1 unspecified atom stereocenters. The van der Waals surface area contributed by atoms with Crippen molar-refractivity contribution < 1.29 is 14.3 Å². The molecule has 1 N–H and O–H groups in total. The Labute approximate surface area is 113 Å². The van der Waals surface area contributed by atoms with E-state index in [0.717, 1.165) is 11.3 Å². The first-order chi connectivity index (χ1) is 9.20. The van der Waals surface area contributed by atoms with Crippen molar-refractivity contribution >= 4 is 6.03 Å². The van der Waals surface area contributed by atoms with Gasteiger partial charge in [-0.3, -0.25) is 0 Å². The first kappa shape index (κ1) is 13.7. The molecule has 104 valence electrons. The maximum absolute atomic E-state index is 12.0. The maximum Gasteiger partial charge on any atom is 0.318 e. The second kappa shape index (κ2) is 6.43. The van der Waals surface area contributed by atoms with Crippen LogP contribution >= 0.6 is 0 Å². The van der Waals surface area contributed by atoms with Crippen LogP contribution in [0.2, 0.25) is 0 Å². The van der Waals surface area contributed by atoms with E-state index in [1.807, 2.05) is 31.2 Å². The normalized spacial score (nSPS) is 16.8. The highest BCUT2D eigenvalue weighted by Crippen LogP contribution is 2.17. The van der Waals surface area contributed by atoms with E-state index < -0.39 is 0 Å². The molecule has 19 heavy (non-hydrogen) atoms. The highest BCUT2D eigenvalue weighted by molar-refractivity contribution is 5.74. The lowest BCUT2D eigenvalue weighted by Gasteiger charge is -2.28. The number of urea groups is 1. The van der Waals surface area contributed by atoms with E-state index >= 15 is 0 Å². The fourth-order valence-corrected chi connectivity index (χ4v) is 2.02. The molecule has 2 amide bonds. The number of hydrogen-bond acceptors (Lipinski definition) is 3. The van der Waals surface area contributed by atoms with E-state index in [9.17, 15) is 4.79 Å². The largest absolute Gasteiger partial charge is 0.497 e. The molecule has 0 aliphatic carbocycles. The molecule has 2 rings (SSSR count). The van der Waals surface area contributed by atoms with Gasteiger partial charge in [-0.05, 0) is 24.6 Å². The monoisotopic (exact) mass is 264 g/mol. The summed E-state index contributed by atoms with van der Waals surface area (Å²) < 4.78 is 10.3. The highest BCUT2D eigenvalue weighted by atomic mass is 16.5. The van der Waals surface area contributed by atoms with E-state index in [0.29, 0.717) is 26.3 Å². The molecule has 1 aromatic rings. The van der Waals surface area contributed by atoms with Crippen LogP contribution < -0.4 is 10.1 Å². The minimum Gasteiger partial charge on any atom is -0.497 e. The Morgan fingerprint density at radius 1 is 1.32 bits per heavy atom. The Kier molecular flexibility index (Phi) is 4.63. The lowest BCUT2D eigenvalue weighted by atomic mass is 10.1. The van der Waals surface area contributed by atoms with Gasteiger partial charge in [0.25, 0.3) is 0 Å². The number of nitrogens with one attached hydrogen (secondary N) is 1. The van der Waals surface area contributed by atoms with Gasteiger partial charge in [-0.15, -0.1) is 0 Å². The third kappa shape index (κ3) is 3.61. The van der Waals surface area contributed by atoms with Crippen LogP contribution in [0.3, 0.4) is 0 Å². The summed E-state index contributed by atoms with van der Waals surface area (Å²) in [5.41, 5.74) is 1.06. The van der Waals surface area contributed by atoms with E-state index in [4.69, 9.17) is 9.47 Å². The van der Waals surface area contributed by atoms with E-state index in [2.05, 4.69) is 5.32 Å². The van der Waals surface area contributed by atoms with Gasteiger partial charge in [-0.1, -0.05) is 12.1 Å². The van der Waals surface area contributed by atoms with Gasteiger partial charge < -0.3 is 19.7 Å². The SMILES string of the molecule is COc1ccc(C(C)NC(=O)N2CCOCC2)cc1. The molecule has 0 spiro atoms. The molecule has 1 atom stereocenters. The highest BCUT2D eigenvalue weighted by Gasteiger charge is 2.18. The van der Waals surface area contributed by atoms with E-state index in [1.54, 1.807) is 12.0 Å². The Morgan fingerprint density at radius 3 is 2.53 bits per heavy atom. The number of amides is 2. The van der Waals surface area contributed by atoms with Crippen LogP contribution in [-0.2, 0) is 4.74 Å². The zero-order chi connectivity index (χ0) is 13.7. The molecule has 0 radical (unpaired) electrons. The number of methoxy groups -OCH3 is 1. The van der Waals surface area contributed by atoms with Gasteiger partial charge in [0.15, 0.2) is 0 Å². The molecular formula is C14H20N2O3. The van der Waals surface area contributed by atoms with Gasteiger partial charge in [0.05, 0.1) is 26.4 Å². The molecule has 0 aromatic heterocycles. The van der Waals surface area contributed by atoms with Gasteiger partial charge >= 0.3 is 6.03 Å². The van der Waals surface area contributed by atoms with Gasteiger partial charge in [0.2, 0.25) is 0 Å². The summed E-state index contributed by atoms with van der Waals surface area (Å²) in [5, 5.41) is 2.99. The number of carbonyl (C=O) groups excluding carboxylic acids is 1. The van der Waals surface area contributed by atoms with E-state index in [1.165, 1.54) is 0 Å². The van der Waals surface area contributed by atoms with Crippen molar-refractivity contribution in [3.05, 3.63) is 29.8 Å². The molecule has 0 bridgehead atoms. The van der Waals surface area contributed by atoms with Gasteiger partial charge in [-0.25, -0.2) is 4.79 Å². The average Bonchev–Trinajstić information content (AvgIpc) is 2.48. The number of rotatable bonds is 3. The molecule has 1 heterocycles. The lowest BCUT2D eigenvalue weighted by Crippen LogP contribution is -2.46. The predicted octanol–water partition coefficient (Wildman–Crippen LogP) is 1.80. The van der Waals surface area contributed by atoms with Crippen molar-refractivity contribution in [2.24, 2.45) is 0 Å². The summed E-state index contributed by atoms with van der Waals surface area (Å²) in [6, 6.07) is 7.65. The summed E-state index contributed by atoms with van der Waals surface area (Å²) in [5.74, 6) is 0.815. The third-order valence-corrected chi connectivity index (χ3v) is 3.25. The van der Waals surface area contributed by atoms with Crippen LogP contribution in [0.15, 0.2) is 24.3 Å². The van der Waals surface area contributed by atoms with Crippen LogP contribution in [0, 0.1) is 0 Å². The summed E-state index contributed by atoms with van der Waals surface area (Å²) in [7, 11) is 1.64. The second-order valence-corrected chi connectivity index (χ2v) is 4.54. The fraction of sp³-hybridized carbons (Fsp3) is 0.500. The molecule has 1 aliphatic rings. The Morgan fingerprint density at radius 2 is 1.95 bits per heavy atom. The molecule has 5 nitrogen and oxygen atoms in total. The number of hydrogen-bond donors (Lipinski definition) is 1. The van der Waals surface area contributed by atoms with Gasteiger partial charge in [-0.2, -0.15) is 0 Å². The Balaban J connectivity index is 1.91. The molecule has 1 fully saturated rings. The minimum atomic E-state index is -0.0355. The van der Waals surface area contributed by atoms with Crippen molar-refractivity contribution in [2.75, 3.05) is 33.4 Å². The van der Waals surface area contributed by atoms with Gasteiger partial charge in [0, 0.05) is 13.1 Å². The minimum absolute atomic E-state index is 0.0266. The van der Waals surface area contributed by atoms with Crippen molar-refractivity contribution in [2.45, 2.75) is 13.0 Å². The molecular weight excluding hydrogens is 244 g/mol. The molecule has 0 saturated carbocycles. The van der Waals surface area contributed by atoms with Crippen LogP contribution in [0.25, 0.3) is 0 Å². The van der Waals surface area contributed by atoms with E-state index in [-0.39, 0.29) is 12.1 Å². The quantitative estimate of drug-likeness (QED) is 0.905. The molecule has 1 aromatic carbocycles. The number of morpholine rings is 1. The number of ether oxygens (including phenoxy) is 2. The van der Waals surface area contributed by atoms with Crippen LogP contribution in [0.5, 0.6) is 5.75 Å². The molecule has 1 saturated heterocycles. The Bertz CT molecular complexity index is 413. The number of carbonyl (C=O) groups is 1. The number of nitrogens with zero attached hydrogens (tertiary/aromatic N) is 1. The lowest BCUT2D eigenvalue weighted by molar-refractivity contribution is 0.0526. The van der Waals surface area contributed by atoms with Gasteiger partial charge in [0.1, 0.15) is 5.75 Å². The maximum atomic E-state index is 12.0. The van der Waals surface area contributed by atoms with Crippen LogP contribution in [-0.4, -0.2) is 44.3 Å². The third-order valence-electron chi connectivity index (χ3n) is 3.25. The molecule has 1 aliphatic heterocycles. The first-order valence-electron chi connectivity index (χ1n) is 6.48. The second-order valence-electron chi connectivity index (χ2n) is 4.54. The summed E-state index contributed by atoms with van der Waals surface area (Å²) in [6.07, 6.45) is 0. The average molecular weight is 264 g/mol. The summed E-state index contributed by atoms with van der Waals surface area (Å²) in [6.45, 7) is 4.51. The number of benzene rings is 1. The Hall–Kier alpha value is -1.75. The van der Waals surface area contributed by atoms with Crippen LogP contribution in [0.4, 0.5) is 4.79 Å². The van der Waals surface area contributed by atoms with Crippen molar-refractivity contribution in [1.29, 1.82) is 0 Å².